The van der Waals surface area contributed by atoms with E-state index in [0.717, 1.165) is 11.3 Å². The summed E-state index contributed by atoms with van der Waals surface area (Å²) in [6, 6.07) is 1.45. The Labute approximate surface area is 94.0 Å². The largest absolute Gasteiger partial charge is 0.478 e. The topological polar surface area (TPSA) is 87.5 Å². The minimum absolute atomic E-state index is 0.0605. The van der Waals surface area contributed by atoms with Gasteiger partial charge >= 0.3 is 11.9 Å². The Morgan fingerprint density at radius 3 is 2.56 bits per heavy atom. The van der Waals surface area contributed by atoms with Crippen molar-refractivity contribution in [2.75, 3.05) is 0 Å². The Morgan fingerprint density at radius 1 is 1.31 bits per heavy atom. The Bertz CT molecular complexity index is 602. The zero-order valence-electron chi connectivity index (χ0n) is 8.22. The first-order valence-corrected chi connectivity index (χ1v) is 5.18. The number of thiophene rings is 1. The number of rotatable bonds is 2. The van der Waals surface area contributed by atoms with Gasteiger partial charge in [0, 0.05) is 11.6 Å². The van der Waals surface area contributed by atoms with Crippen molar-refractivity contribution in [3.63, 3.8) is 0 Å². The van der Waals surface area contributed by atoms with Gasteiger partial charge in [-0.15, -0.1) is 11.3 Å². The summed E-state index contributed by atoms with van der Waals surface area (Å²) < 4.78 is 0. The van der Waals surface area contributed by atoms with E-state index >= 15 is 0 Å². The lowest BCUT2D eigenvalue weighted by Gasteiger charge is -1.94. The Morgan fingerprint density at radius 2 is 2.00 bits per heavy atom. The highest BCUT2D eigenvalue weighted by Crippen LogP contribution is 2.29. The van der Waals surface area contributed by atoms with Gasteiger partial charge in [-0.25, -0.2) is 14.6 Å². The predicted molar refractivity (Wildman–Crippen MR) is 58.3 cm³/mol. The minimum Gasteiger partial charge on any atom is -0.478 e. The molecule has 2 N–H and O–H groups in total. The van der Waals surface area contributed by atoms with Crippen LogP contribution >= 0.6 is 11.3 Å². The third-order valence-corrected chi connectivity index (χ3v) is 3.44. The molecule has 0 unspecified atom stereocenters. The molecule has 0 radical (unpaired) electrons. The van der Waals surface area contributed by atoms with Crippen molar-refractivity contribution in [2.45, 2.75) is 6.92 Å². The van der Waals surface area contributed by atoms with Crippen LogP contribution in [0.25, 0.3) is 10.2 Å². The van der Waals surface area contributed by atoms with E-state index in [2.05, 4.69) is 4.98 Å². The van der Waals surface area contributed by atoms with Gasteiger partial charge in [0.15, 0.2) is 0 Å². The molecule has 0 spiro atoms. The SMILES string of the molecule is Cc1c(C(=O)O)sc2ncc(C(=O)O)cc12. The van der Waals surface area contributed by atoms with Crippen LogP contribution in [-0.4, -0.2) is 27.1 Å². The number of pyridine rings is 1. The third kappa shape index (κ3) is 1.53. The fraction of sp³-hybridized carbons (Fsp3) is 0.100. The van der Waals surface area contributed by atoms with Gasteiger partial charge < -0.3 is 10.2 Å². The second-order valence-corrected chi connectivity index (χ2v) is 4.24. The van der Waals surface area contributed by atoms with Crippen molar-refractivity contribution in [2.24, 2.45) is 0 Å². The molecule has 16 heavy (non-hydrogen) atoms. The number of carboxylic acids is 2. The summed E-state index contributed by atoms with van der Waals surface area (Å²) in [5.41, 5.74) is 0.619. The average molecular weight is 237 g/mol. The summed E-state index contributed by atoms with van der Waals surface area (Å²) in [5.74, 6) is -2.09. The molecular weight excluding hydrogens is 230 g/mol. The number of hydrogen-bond donors (Lipinski definition) is 2. The first-order chi connectivity index (χ1) is 7.50. The Hall–Kier alpha value is -1.95. The smallest absolute Gasteiger partial charge is 0.346 e. The van der Waals surface area contributed by atoms with Crippen LogP contribution in [0.4, 0.5) is 0 Å². The summed E-state index contributed by atoms with van der Waals surface area (Å²) >= 11 is 1.05. The van der Waals surface area contributed by atoms with Crippen molar-refractivity contribution in [3.05, 3.63) is 28.3 Å². The quantitative estimate of drug-likeness (QED) is 0.834. The van der Waals surface area contributed by atoms with Gasteiger partial charge in [-0.2, -0.15) is 0 Å². The van der Waals surface area contributed by atoms with Crippen LogP contribution in [0.3, 0.4) is 0 Å². The lowest BCUT2D eigenvalue weighted by molar-refractivity contribution is 0.0688. The number of nitrogens with zero attached hydrogens (tertiary/aromatic N) is 1. The van der Waals surface area contributed by atoms with Crippen LogP contribution in [0.2, 0.25) is 0 Å². The van der Waals surface area contributed by atoms with E-state index in [1.807, 2.05) is 0 Å². The van der Waals surface area contributed by atoms with Crippen LogP contribution in [0.5, 0.6) is 0 Å². The molecule has 0 saturated heterocycles. The molecule has 0 bridgehead atoms. The van der Waals surface area contributed by atoms with Crippen molar-refractivity contribution >= 4 is 33.5 Å². The van der Waals surface area contributed by atoms with Crippen LogP contribution < -0.4 is 0 Å². The molecule has 0 amide bonds. The molecule has 2 heterocycles. The maximum absolute atomic E-state index is 10.9. The first kappa shape index (κ1) is 10.6. The van der Waals surface area contributed by atoms with E-state index in [0.29, 0.717) is 15.8 Å². The van der Waals surface area contributed by atoms with E-state index in [1.54, 1.807) is 6.92 Å². The summed E-state index contributed by atoms with van der Waals surface area (Å²) in [6.45, 7) is 1.65. The van der Waals surface area contributed by atoms with Gasteiger partial charge in [0.2, 0.25) is 0 Å². The molecule has 82 valence electrons. The predicted octanol–water partition coefficient (Wildman–Crippen LogP) is 2.00. The third-order valence-electron chi connectivity index (χ3n) is 2.24. The highest BCUT2D eigenvalue weighted by Gasteiger charge is 2.16. The molecule has 0 aliphatic heterocycles. The molecule has 2 rings (SSSR count). The number of aromatic nitrogens is 1. The number of fused-ring (bicyclic) bond motifs is 1. The van der Waals surface area contributed by atoms with Gasteiger partial charge in [0.25, 0.3) is 0 Å². The second kappa shape index (κ2) is 3.57. The Balaban J connectivity index is 2.73. The standard InChI is InChI=1S/C10H7NO4S/c1-4-6-2-5(9(12)13)3-11-8(6)16-7(4)10(14)15/h2-3H,1H3,(H,12,13)(H,14,15). The van der Waals surface area contributed by atoms with E-state index < -0.39 is 11.9 Å². The molecular formula is C10H7NO4S. The van der Waals surface area contributed by atoms with Gasteiger partial charge in [-0.05, 0) is 18.6 Å². The summed E-state index contributed by atoms with van der Waals surface area (Å²) in [7, 11) is 0. The monoisotopic (exact) mass is 237 g/mol. The molecule has 6 heteroatoms. The van der Waals surface area contributed by atoms with Crippen LogP contribution in [0.1, 0.15) is 25.6 Å². The molecule has 0 aliphatic rings. The molecule has 2 aromatic heterocycles. The molecule has 0 atom stereocenters. The molecule has 0 aromatic carbocycles. The molecule has 0 saturated carbocycles. The van der Waals surface area contributed by atoms with Crippen molar-refractivity contribution in [3.8, 4) is 0 Å². The van der Waals surface area contributed by atoms with E-state index in [4.69, 9.17) is 10.2 Å². The van der Waals surface area contributed by atoms with Gasteiger partial charge in [0.1, 0.15) is 9.71 Å². The maximum Gasteiger partial charge on any atom is 0.346 e. The summed E-state index contributed by atoms with van der Waals surface area (Å²) in [5, 5.41) is 18.3. The zero-order chi connectivity index (χ0) is 11.9. The van der Waals surface area contributed by atoms with Crippen LogP contribution in [0.15, 0.2) is 12.3 Å². The number of hydrogen-bond acceptors (Lipinski definition) is 4. The van der Waals surface area contributed by atoms with E-state index in [-0.39, 0.29) is 10.4 Å². The number of aryl methyl sites for hydroxylation is 1. The summed E-state index contributed by atoms with van der Waals surface area (Å²) in [6.07, 6.45) is 1.23. The van der Waals surface area contributed by atoms with Crippen LogP contribution in [-0.2, 0) is 0 Å². The minimum atomic E-state index is -1.07. The lowest BCUT2D eigenvalue weighted by Crippen LogP contribution is -1.96. The molecule has 0 fully saturated rings. The Kier molecular flexibility index (Phi) is 2.35. The number of aromatic carboxylic acids is 2. The lowest BCUT2D eigenvalue weighted by atomic mass is 10.1. The highest BCUT2D eigenvalue weighted by atomic mass is 32.1. The molecule has 5 nitrogen and oxygen atoms in total. The zero-order valence-corrected chi connectivity index (χ0v) is 9.04. The number of carbonyl (C=O) groups is 2. The normalized spacial score (nSPS) is 10.6. The van der Waals surface area contributed by atoms with E-state index in [9.17, 15) is 9.59 Å². The van der Waals surface area contributed by atoms with Gasteiger partial charge in [-0.1, -0.05) is 0 Å². The van der Waals surface area contributed by atoms with E-state index in [1.165, 1.54) is 12.3 Å². The van der Waals surface area contributed by atoms with Gasteiger partial charge in [0.05, 0.1) is 5.56 Å². The van der Waals surface area contributed by atoms with Crippen molar-refractivity contribution in [1.82, 2.24) is 4.98 Å². The summed E-state index contributed by atoms with van der Waals surface area (Å²) in [4.78, 5) is 26.3. The van der Waals surface area contributed by atoms with Gasteiger partial charge in [-0.3, -0.25) is 0 Å². The fourth-order valence-electron chi connectivity index (χ4n) is 1.42. The van der Waals surface area contributed by atoms with Crippen LogP contribution in [0, 0.1) is 6.92 Å². The second-order valence-electron chi connectivity index (χ2n) is 3.24. The average Bonchev–Trinajstić information content (AvgIpc) is 2.56. The molecule has 0 aliphatic carbocycles. The molecule has 2 aromatic rings. The highest BCUT2D eigenvalue weighted by molar-refractivity contribution is 7.20. The first-order valence-electron chi connectivity index (χ1n) is 4.36. The van der Waals surface area contributed by atoms with Crippen molar-refractivity contribution in [1.29, 1.82) is 0 Å². The number of carboxylic acid groups (broad SMARTS) is 2. The fourth-order valence-corrected chi connectivity index (χ4v) is 2.39. The maximum atomic E-state index is 10.9. The van der Waals surface area contributed by atoms with Crippen molar-refractivity contribution < 1.29 is 19.8 Å².